The first-order chi connectivity index (χ1) is 13.4. The minimum Gasteiger partial charge on any atom is -0.330 e. The number of hydrogen-bond donors (Lipinski definition) is 0. The third-order valence-corrected chi connectivity index (χ3v) is 5.32. The van der Waals surface area contributed by atoms with Crippen molar-refractivity contribution in [2.75, 3.05) is 18.0 Å². The molecule has 3 rings (SSSR count). The standard InChI is InChI=1S/C22H22BrFN2O2/c1-3-10-25(14-17-13-18(23)6-7-19(17)24)22(28)16-5-8-20-15(12-16)9-11-26(20)21(27)4-2/h3,5-8,12-13H,1,4,9-11,14H2,2H3. The van der Waals surface area contributed by atoms with Crippen LogP contribution in [0.15, 0.2) is 53.5 Å². The number of anilines is 1. The van der Waals surface area contributed by atoms with Gasteiger partial charge in [-0.25, -0.2) is 4.39 Å². The highest BCUT2D eigenvalue weighted by Crippen LogP contribution is 2.30. The van der Waals surface area contributed by atoms with Crippen LogP contribution in [0, 0.1) is 5.82 Å². The lowest BCUT2D eigenvalue weighted by Gasteiger charge is -2.22. The summed E-state index contributed by atoms with van der Waals surface area (Å²) in [6, 6.07) is 10.1. The first-order valence-corrected chi connectivity index (χ1v) is 10.0. The maximum Gasteiger partial charge on any atom is 0.254 e. The molecule has 0 unspecified atom stereocenters. The van der Waals surface area contributed by atoms with Gasteiger partial charge in [0.05, 0.1) is 0 Å². The summed E-state index contributed by atoms with van der Waals surface area (Å²) in [6.45, 7) is 6.65. The summed E-state index contributed by atoms with van der Waals surface area (Å²) in [5, 5.41) is 0. The number of rotatable bonds is 6. The summed E-state index contributed by atoms with van der Waals surface area (Å²) in [5.74, 6) is -0.466. The van der Waals surface area contributed by atoms with E-state index in [1.807, 2.05) is 19.1 Å². The molecule has 0 spiro atoms. The molecule has 1 aliphatic heterocycles. The average Bonchev–Trinajstić information content (AvgIpc) is 3.12. The molecule has 0 saturated heterocycles. The van der Waals surface area contributed by atoms with Crippen LogP contribution in [0.3, 0.4) is 0 Å². The molecule has 6 heteroatoms. The molecule has 4 nitrogen and oxygen atoms in total. The fourth-order valence-corrected chi connectivity index (χ4v) is 3.82. The second-order valence-corrected chi connectivity index (χ2v) is 7.62. The Kier molecular flexibility index (Phi) is 6.29. The van der Waals surface area contributed by atoms with Crippen LogP contribution in [0.4, 0.5) is 10.1 Å². The molecule has 0 aromatic heterocycles. The predicted molar refractivity (Wildman–Crippen MR) is 112 cm³/mol. The van der Waals surface area contributed by atoms with Gasteiger partial charge in [0.2, 0.25) is 5.91 Å². The monoisotopic (exact) mass is 444 g/mol. The summed E-state index contributed by atoms with van der Waals surface area (Å²) in [5.41, 5.74) is 2.82. The summed E-state index contributed by atoms with van der Waals surface area (Å²) in [6.07, 6.45) is 2.80. The molecule has 1 aliphatic rings. The molecule has 1 heterocycles. The van der Waals surface area contributed by atoms with Crippen molar-refractivity contribution in [2.24, 2.45) is 0 Å². The molecule has 0 N–H and O–H groups in total. The van der Waals surface area contributed by atoms with E-state index < -0.39 is 0 Å². The van der Waals surface area contributed by atoms with E-state index in [1.165, 1.54) is 6.07 Å². The van der Waals surface area contributed by atoms with Gasteiger partial charge in [0.15, 0.2) is 0 Å². The third kappa shape index (κ3) is 4.17. The van der Waals surface area contributed by atoms with Crippen LogP contribution in [-0.4, -0.2) is 29.8 Å². The van der Waals surface area contributed by atoms with Crippen LogP contribution in [-0.2, 0) is 17.8 Å². The van der Waals surface area contributed by atoms with Crippen molar-refractivity contribution in [3.05, 3.63) is 76.0 Å². The van der Waals surface area contributed by atoms with E-state index >= 15 is 0 Å². The molecule has 0 saturated carbocycles. The molecule has 0 bridgehead atoms. The molecule has 2 aromatic carbocycles. The van der Waals surface area contributed by atoms with E-state index in [0.29, 0.717) is 30.6 Å². The van der Waals surface area contributed by atoms with Crippen LogP contribution in [0.25, 0.3) is 0 Å². The Morgan fingerprint density at radius 3 is 2.79 bits per heavy atom. The quantitative estimate of drug-likeness (QED) is 0.604. The molecule has 0 radical (unpaired) electrons. The van der Waals surface area contributed by atoms with Gasteiger partial charge in [0.1, 0.15) is 5.82 Å². The van der Waals surface area contributed by atoms with Gasteiger partial charge in [-0.15, -0.1) is 6.58 Å². The second-order valence-electron chi connectivity index (χ2n) is 6.70. The van der Waals surface area contributed by atoms with Crippen molar-refractivity contribution in [1.82, 2.24) is 4.90 Å². The van der Waals surface area contributed by atoms with Crippen molar-refractivity contribution < 1.29 is 14.0 Å². The Hall–Kier alpha value is -2.47. The van der Waals surface area contributed by atoms with Gasteiger partial charge in [-0.1, -0.05) is 28.9 Å². The van der Waals surface area contributed by atoms with E-state index in [9.17, 15) is 14.0 Å². The fourth-order valence-electron chi connectivity index (χ4n) is 3.41. The van der Waals surface area contributed by atoms with Gasteiger partial charge in [0.25, 0.3) is 5.91 Å². The number of amides is 2. The normalized spacial score (nSPS) is 12.6. The minimum absolute atomic E-state index is 0.0799. The van der Waals surface area contributed by atoms with Crippen LogP contribution in [0.1, 0.15) is 34.8 Å². The Morgan fingerprint density at radius 2 is 2.07 bits per heavy atom. The number of halogens is 2. The zero-order chi connectivity index (χ0) is 20.3. The maximum absolute atomic E-state index is 14.1. The molecule has 146 valence electrons. The highest BCUT2D eigenvalue weighted by atomic mass is 79.9. The van der Waals surface area contributed by atoms with Crippen LogP contribution >= 0.6 is 15.9 Å². The van der Waals surface area contributed by atoms with E-state index in [0.717, 1.165) is 22.1 Å². The average molecular weight is 445 g/mol. The number of fused-ring (bicyclic) bond motifs is 1. The number of carbonyl (C=O) groups excluding carboxylic acids is 2. The van der Waals surface area contributed by atoms with E-state index in [1.54, 1.807) is 34.1 Å². The maximum atomic E-state index is 14.1. The topological polar surface area (TPSA) is 40.6 Å². The van der Waals surface area contributed by atoms with Crippen molar-refractivity contribution in [3.8, 4) is 0 Å². The Morgan fingerprint density at radius 1 is 1.29 bits per heavy atom. The van der Waals surface area contributed by atoms with Crippen molar-refractivity contribution in [2.45, 2.75) is 26.3 Å². The summed E-state index contributed by atoms with van der Waals surface area (Å²) in [7, 11) is 0. The molecule has 2 aromatic rings. The summed E-state index contributed by atoms with van der Waals surface area (Å²) < 4.78 is 14.9. The highest BCUT2D eigenvalue weighted by molar-refractivity contribution is 9.10. The lowest BCUT2D eigenvalue weighted by molar-refractivity contribution is -0.118. The van der Waals surface area contributed by atoms with Crippen LogP contribution < -0.4 is 4.90 Å². The second kappa shape index (κ2) is 8.69. The molecule has 2 amide bonds. The zero-order valence-electron chi connectivity index (χ0n) is 15.8. The molecular weight excluding hydrogens is 423 g/mol. The predicted octanol–water partition coefficient (Wildman–Crippen LogP) is 4.72. The van der Waals surface area contributed by atoms with Gasteiger partial charge >= 0.3 is 0 Å². The lowest BCUT2D eigenvalue weighted by atomic mass is 10.1. The van der Waals surface area contributed by atoms with E-state index in [2.05, 4.69) is 22.5 Å². The molecule has 0 atom stereocenters. The van der Waals surface area contributed by atoms with E-state index in [-0.39, 0.29) is 24.2 Å². The van der Waals surface area contributed by atoms with Crippen molar-refractivity contribution in [1.29, 1.82) is 0 Å². The fraction of sp³-hybridized carbons (Fsp3) is 0.273. The van der Waals surface area contributed by atoms with Crippen molar-refractivity contribution in [3.63, 3.8) is 0 Å². The van der Waals surface area contributed by atoms with Gasteiger partial charge in [-0.05, 0) is 48.4 Å². The molecule has 0 aliphatic carbocycles. The lowest BCUT2D eigenvalue weighted by Crippen LogP contribution is -2.31. The Balaban J connectivity index is 1.85. The number of nitrogens with zero attached hydrogens (tertiary/aromatic N) is 2. The van der Waals surface area contributed by atoms with Gasteiger partial charge in [-0.3, -0.25) is 9.59 Å². The SMILES string of the molecule is C=CCN(Cc1cc(Br)ccc1F)C(=O)c1ccc2c(c1)CCN2C(=O)CC. The summed E-state index contributed by atoms with van der Waals surface area (Å²) in [4.78, 5) is 28.4. The van der Waals surface area contributed by atoms with Gasteiger partial charge in [-0.2, -0.15) is 0 Å². The minimum atomic E-state index is -0.354. The number of benzene rings is 2. The third-order valence-electron chi connectivity index (χ3n) is 4.83. The van der Waals surface area contributed by atoms with Crippen molar-refractivity contribution >= 4 is 33.4 Å². The summed E-state index contributed by atoms with van der Waals surface area (Å²) >= 11 is 3.34. The molecular formula is C22H22BrFN2O2. The molecule has 28 heavy (non-hydrogen) atoms. The Labute approximate surface area is 172 Å². The number of hydrogen-bond acceptors (Lipinski definition) is 2. The van der Waals surface area contributed by atoms with E-state index in [4.69, 9.17) is 0 Å². The smallest absolute Gasteiger partial charge is 0.254 e. The molecule has 0 fully saturated rings. The first kappa shape index (κ1) is 20.3. The first-order valence-electron chi connectivity index (χ1n) is 9.22. The van der Waals surface area contributed by atoms with Gasteiger partial charge in [0, 0.05) is 47.3 Å². The largest absolute Gasteiger partial charge is 0.330 e. The van der Waals surface area contributed by atoms with Crippen LogP contribution in [0.2, 0.25) is 0 Å². The zero-order valence-corrected chi connectivity index (χ0v) is 17.3. The Bertz CT molecular complexity index is 929. The van der Waals surface area contributed by atoms with Gasteiger partial charge < -0.3 is 9.80 Å². The van der Waals surface area contributed by atoms with Crippen LogP contribution in [0.5, 0.6) is 0 Å². The highest BCUT2D eigenvalue weighted by Gasteiger charge is 2.25. The number of carbonyl (C=O) groups is 2.